The Bertz CT molecular complexity index is 586. The van der Waals surface area contributed by atoms with Crippen LogP contribution in [0.25, 0.3) is 11.4 Å². The van der Waals surface area contributed by atoms with E-state index >= 15 is 0 Å². The Morgan fingerprint density at radius 2 is 1.74 bits per heavy atom. The van der Waals surface area contributed by atoms with Crippen molar-refractivity contribution >= 4 is 0 Å². The van der Waals surface area contributed by atoms with Gasteiger partial charge in [-0.25, -0.2) is 0 Å². The van der Waals surface area contributed by atoms with Crippen LogP contribution in [0.2, 0.25) is 0 Å². The topological polar surface area (TPSA) is 47.9 Å². The molecule has 0 fully saturated rings. The summed E-state index contributed by atoms with van der Waals surface area (Å²) in [6.45, 7) is 0. The predicted octanol–water partition coefficient (Wildman–Crippen LogP) is 2.71. The fourth-order valence-corrected chi connectivity index (χ4v) is 1.43. The maximum atomic E-state index is 13.5. The zero-order valence-corrected chi connectivity index (χ0v) is 9.57. The molecule has 0 aromatic carbocycles. The van der Waals surface area contributed by atoms with Crippen molar-refractivity contribution in [2.24, 2.45) is 0 Å². The van der Waals surface area contributed by atoms with Gasteiger partial charge in [0.1, 0.15) is 0 Å². The molecule has 0 saturated heterocycles. The van der Waals surface area contributed by atoms with E-state index in [2.05, 4.69) is 19.7 Å². The van der Waals surface area contributed by atoms with Crippen molar-refractivity contribution in [2.45, 2.75) is 6.18 Å². The lowest BCUT2D eigenvalue weighted by Crippen LogP contribution is -2.14. The number of ether oxygens (including phenoxy) is 1. The molecule has 2 rings (SSSR count). The van der Waals surface area contributed by atoms with Crippen LogP contribution >= 0.6 is 0 Å². The first-order chi connectivity index (χ1) is 8.93. The minimum Gasteiger partial charge on any atom is -0.480 e. The summed E-state index contributed by atoms with van der Waals surface area (Å²) < 4.78 is 55.9. The van der Waals surface area contributed by atoms with E-state index in [1.807, 2.05) is 0 Å². The van der Waals surface area contributed by atoms with Gasteiger partial charge < -0.3 is 4.74 Å². The monoisotopic (exact) mass is 273 g/mol. The van der Waals surface area contributed by atoms with Crippen LogP contribution in [0.3, 0.4) is 0 Å². The lowest BCUT2D eigenvalue weighted by atomic mass is 10.2. The van der Waals surface area contributed by atoms with Crippen LogP contribution in [-0.4, -0.2) is 22.1 Å². The Balaban J connectivity index is 2.61. The third kappa shape index (κ3) is 2.61. The number of halogens is 4. The Morgan fingerprint density at radius 1 is 1.11 bits per heavy atom. The lowest BCUT2D eigenvalue weighted by Gasteiger charge is -2.12. The van der Waals surface area contributed by atoms with Gasteiger partial charge in [0.2, 0.25) is 11.8 Å². The van der Waals surface area contributed by atoms with Crippen LogP contribution in [0.1, 0.15) is 5.56 Å². The van der Waals surface area contributed by atoms with Crippen LogP contribution in [0.4, 0.5) is 17.6 Å². The van der Waals surface area contributed by atoms with Gasteiger partial charge in [0.05, 0.1) is 7.11 Å². The highest BCUT2D eigenvalue weighted by Gasteiger charge is 2.40. The largest absolute Gasteiger partial charge is 0.480 e. The quantitative estimate of drug-likeness (QED) is 0.623. The molecule has 4 nitrogen and oxygen atoms in total. The summed E-state index contributed by atoms with van der Waals surface area (Å²) in [5.41, 5.74) is -1.28. The van der Waals surface area contributed by atoms with Crippen molar-refractivity contribution in [1.29, 1.82) is 0 Å². The van der Waals surface area contributed by atoms with E-state index in [-0.39, 0.29) is 5.82 Å². The van der Waals surface area contributed by atoms with Crippen LogP contribution in [-0.2, 0) is 6.18 Å². The van der Waals surface area contributed by atoms with Crippen molar-refractivity contribution in [3.8, 4) is 17.3 Å². The fraction of sp³-hybridized carbons (Fsp3) is 0.182. The molecule has 2 aromatic rings. The van der Waals surface area contributed by atoms with Crippen LogP contribution in [0.5, 0.6) is 5.88 Å². The highest BCUT2D eigenvalue weighted by Crippen LogP contribution is 2.37. The van der Waals surface area contributed by atoms with Gasteiger partial charge in [0, 0.05) is 18.0 Å². The van der Waals surface area contributed by atoms with Crippen molar-refractivity contribution in [3.63, 3.8) is 0 Å². The zero-order chi connectivity index (χ0) is 14.0. The first kappa shape index (κ1) is 13.2. The number of nitrogens with zero attached hydrogens (tertiary/aromatic N) is 3. The minimum atomic E-state index is -4.92. The molecule has 0 aliphatic rings. The summed E-state index contributed by atoms with van der Waals surface area (Å²) >= 11 is 0. The van der Waals surface area contributed by atoms with Gasteiger partial charge in [-0.1, -0.05) is 0 Å². The molecule has 100 valence electrons. The van der Waals surface area contributed by atoms with Gasteiger partial charge in [-0.15, -0.1) is 0 Å². The highest BCUT2D eigenvalue weighted by molar-refractivity contribution is 5.54. The smallest absolute Gasteiger partial charge is 0.426 e. The second kappa shape index (κ2) is 4.79. The molecule has 0 N–H and O–H groups in total. The molecule has 0 aliphatic heterocycles. The first-order valence-corrected chi connectivity index (χ1v) is 5.02. The Morgan fingerprint density at radius 3 is 2.26 bits per heavy atom. The second-order valence-corrected chi connectivity index (χ2v) is 3.46. The van der Waals surface area contributed by atoms with Gasteiger partial charge in [-0.3, -0.25) is 4.98 Å². The van der Waals surface area contributed by atoms with Gasteiger partial charge in [-0.2, -0.15) is 27.5 Å². The maximum Gasteiger partial charge on any atom is 0.426 e. The van der Waals surface area contributed by atoms with Crippen molar-refractivity contribution in [1.82, 2.24) is 15.0 Å². The molecule has 2 aromatic heterocycles. The SMILES string of the molecule is COc1nc(-c2ccncc2)nc(F)c1C(F)(F)F. The van der Waals surface area contributed by atoms with E-state index in [9.17, 15) is 17.6 Å². The van der Waals surface area contributed by atoms with Crippen LogP contribution in [0.15, 0.2) is 24.5 Å². The Labute approximate surface area is 105 Å². The molecule has 0 aliphatic carbocycles. The molecular formula is C11H7F4N3O. The Hall–Kier alpha value is -2.25. The summed E-state index contributed by atoms with van der Waals surface area (Å²) in [5, 5.41) is 0. The number of hydrogen-bond acceptors (Lipinski definition) is 4. The number of aromatic nitrogens is 3. The van der Waals surface area contributed by atoms with E-state index in [4.69, 9.17) is 0 Å². The van der Waals surface area contributed by atoms with Gasteiger partial charge >= 0.3 is 6.18 Å². The summed E-state index contributed by atoms with van der Waals surface area (Å²) in [7, 11) is 0.980. The van der Waals surface area contributed by atoms with E-state index < -0.39 is 23.6 Å². The minimum absolute atomic E-state index is 0.204. The second-order valence-electron chi connectivity index (χ2n) is 3.46. The number of alkyl halides is 3. The average molecular weight is 273 g/mol. The first-order valence-electron chi connectivity index (χ1n) is 5.02. The Kier molecular flexibility index (Phi) is 3.32. The normalized spacial score (nSPS) is 11.4. The zero-order valence-electron chi connectivity index (χ0n) is 9.57. The molecule has 0 unspecified atom stereocenters. The summed E-state index contributed by atoms with van der Waals surface area (Å²) in [6, 6.07) is 2.89. The molecule has 19 heavy (non-hydrogen) atoms. The van der Waals surface area contributed by atoms with Crippen LogP contribution in [0, 0.1) is 5.95 Å². The predicted molar refractivity (Wildman–Crippen MR) is 56.8 cm³/mol. The lowest BCUT2D eigenvalue weighted by molar-refractivity contribution is -0.142. The molecule has 2 heterocycles. The van der Waals surface area contributed by atoms with E-state index in [0.717, 1.165) is 7.11 Å². The fourth-order valence-electron chi connectivity index (χ4n) is 1.43. The number of pyridine rings is 1. The van der Waals surface area contributed by atoms with Gasteiger partial charge in [0.15, 0.2) is 11.4 Å². The average Bonchev–Trinajstić information content (AvgIpc) is 2.37. The number of hydrogen-bond donors (Lipinski definition) is 0. The third-order valence-corrected chi connectivity index (χ3v) is 2.25. The molecule has 8 heteroatoms. The molecule has 0 amide bonds. The highest BCUT2D eigenvalue weighted by atomic mass is 19.4. The van der Waals surface area contributed by atoms with Gasteiger partial charge in [-0.05, 0) is 12.1 Å². The van der Waals surface area contributed by atoms with E-state index in [1.54, 1.807) is 0 Å². The third-order valence-electron chi connectivity index (χ3n) is 2.25. The molecule has 0 radical (unpaired) electrons. The van der Waals surface area contributed by atoms with E-state index in [1.165, 1.54) is 24.5 Å². The summed E-state index contributed by atoms with van der Waals surface area (Å²) in [5.74, 6) is -2.73. The van der Waals surface area contributed by atoms with Gasteiger partial charge in [0.25, 0.3) is 0 Å². The molecule has 0 saturated carbocycles. The summed E-state index contributed by atoms with van der Waals surface area (Å²) in [4.78, 5) is 10.5. The number of methoxy groups -OCH3 is 1. The molecule has 0 spiro atoms. The summed E-state index contributed by atoms with van der Waals surface area (Å²) in [6.07, 6.45) is -2.15. The van der Waals surface area contributed by atoms with Crippen molar-refractivity contribution < 1.29 is 22.3 Å². The van der Waals surface area contributed by atoms with E-state index in [0.29, 0.717) is 5.56 Å². The molecule has 0 atom stereocenters. The number of rotatable bonds is 2. The standard InChI is InChI=1S/C11H7F4N3O/c1-19-10-7(11(13,14)15)8(12)17-9(18-10)6-2-4-16-5-3-6/h2-5H,1H3. The molecular weight excluding hydrogens is 266 g/mol. The van der Waals surface area contributed by atoms with Crippen LogP contribution < -0.4 is 4.74 Å². The van der Waals surface area contributed by atoms with Crippen molar-refractivity contribution in [2.75, 3.05) is 7.11 Å². The van der Waals surface area contributed by atoms with Crippen molar-refractivity contribution in [3.05, 3.63) is 36.0 Å². The molecule has 0 bridgehead atoms. The maximum absolute atomic E-state index is 13.5.